The molecule has 0 aliphatic heterocycles. The van der Waals surface area contributed by atoms with Crippen molar-refractivity contribution in [3.63, 3.8) is 0 Å². The van der Waals surface area contributed by atoms with Gasteiger partial charge in [-0.2, -0.15) is 0 Å². The standard InChI is InChI=1S/C11H23NO5P/c1-4-9-12(14)11(13)8-7-10-18(15,16-5-2)17-6-3/h4-10H2,1-3H3/q-1. The van der Waals surface area contributed by atoms with Crippen molar-refractivity contribution in [2.24, 2.45) is 0 Å². The fourth-order valence-electron chi connectivity index (χ4n) is 1.44. The van der Waals surface area contributed by atoms with E-state index in [0.717, 1.165) is 0 Å². The van der Waals surface area contributed by atoms with E-state index in [1.165, 1.54) is 0 Å². The zero-order chi connectivity index (χ0) is 14.0. The van der Waals surface area contributed by atoms with Crippen molar-refractivity contribution in [1.29, 1.82) is 0 Å². The SMILES string of the molecule is CCCN([O-])C(=O)CCCP(=O)(OCC)OCC. The monoisotopic (exact) mass is 280 g/mol. The number of carbonyl (C=O) groups excluding carboxylic acids is 1. The summed E-state index contributed by atoms with van der Waals surface area (Å²) in [6, 6.07) is 0. The predicted molar refractivity (Wildman–Crippen MR) is 70.3 cm³/mol. The van der Waals surface area contributed by atoms with Crippen LogP contribution >= 0.6 is 7.60 Å². The van der Waals surface area contributed by atoms with E-state index in [-0.39, 0.29) is 19.1 Å². The third kappa shape index (κ3) is 7.11. The average Bonchev–Trinajstić information content (AvgIpc) is 2.29. The normalized spacial score (nSPS) is 11.6. The summed E-state index contributed by atoms with van der Waals surface area (Å²) in [5.74, 6) is -0.476. The number of hydrogen-bond donors (Lipinski definition) is 0. The van der Waals surface area contributed by atoms with Gasteiger partial charge in [0, 0.05) is 13.0 Å². The highest BCUT2D eigenvalue weighted by atomic mass is 31.2. The average molecular weight is 280 g/mol. The van der Waals surface area contributed by atoms with Crippen molar-refractivity contribution in [1.82, 2.24) is 5.06 Å². The fourth-order valence-corrected chi connectivity index (χ4v) is 3.10. The number of amides is 1. The number of hydrogen-bond acceptors (Lipinski definition) is 5. The van der Waals surface area contributed by atoms with Gasteiger partial charge in [-0.15, -0.1) is 0 Å². The van der Waals surface area contributed by atoms with Crippen molar-refractivity contribution in [2.45, 2.75) is 40.0 Å². The van der Waals surface area contributed by atoms with Crippen LogP contribution in [0.3, 0.4) is 0 Å². The maximum Gasteiger partial charge on any atom is 0.330 e. The molecule has 0 fully saturated rings. The molecular formula is C11H23NO5P-. The molecule has 108 valence electrons. The molecular weight excluding hydrogens is 257 g/mol. The van der Waals surface area contributed by atoms with Gasteiger partial charge in [0.2, 0.25) is 5.91 Å². The minimum atomic E-state index is -3.09. The maximum atomic E-state index is 12.0. The molecule has 0 atom stereocenters. The summed E-state index contributed by atoms with van der Waals surface area (Å²) >= 11 is 0. The lowest BCUT2D eigenvalue weighted by Crippen LogP contribution is -2.25. The molecule has 0 spiro atoms. The lowest BCUT2D eigenvalue weighted by molar-refractivity contribution is -0.128. The molecule has 1 amide bonds. The Morgan fingerprint density at radius 2 is 1.78 bits per heavy atom. The van der Waals surface area contributed by atoms with Gasteiger partial charge < -0.3 is 19.3 Å². The summed E-state index contributed by atoms with van der Waals surface area (Å²) in [5, 5.41) is 11.6. The van der Waals surface area contributed by atoms with E-state index in [4.69, 9.17) is 9.05 Å². The van der Waals surface area contributed by atoms with Gasteiger partial charge in [0.1, 0.15) is 0 Å². The molecule has 0 aromatic rings. The Balaban J connectivity index is 4.06. The van der Waals surface area contributed by atoms with Crippen molar-refractivity contribution >= 4 is 13.5 Å². The van der Waals surface area contributed by atoms with Crippen molar-refractivity contribution < 1.29 is 18.4 Å². The molecule has 0 aromatic heterocycles. The zero-order valence-electron chi connectivity index (χ0n) is 11.4. The number of rotatable bonds is 10. The predicted octanol–water partition coefficient (Wildman–Crippen LogP) is 2.77. The highest BCUT2D eigenvalue weighted by Crippen LogP contribution is 2.48. The van der Waals surface area contributed by atoms with E-state index < -0.39 is 13.5 Å². The zero-order valence-corrected chi connectivity index (χ0v) is 12.3. The summed E-state index contributed by atoms with van der Waals surface area (Å²) < 4.78 is 22.2. The molecule has 0 N–H and O–H groups in total. The molecule has 0 bridgehead atoms. The molecule has 18 heavy (non-hydrogen) atoms. The van der Waals surface area contributed by atoms with E-state index in [1.54, 1.807) is 13.8 Å². The van der Waals surface area contributed by atoms with Crippen LogP contribution in [0.5, 0.6) is 0 Å². The van der Waals surface area contributed by atoms with Crippen LogP contribution in [0.15, 0.2) is 0 Å². The first-order valence-corrected chi connectivity index (χ1v) is 8.07. The molecule has 0 heterocycles. The second-order valence-corrected chi connectivity index (χ2v) is 5.95. The molecule has 0 saturated carbocycles. The topological polar surface area (TPSA) is 78.9 Å². The third-order valence-corrected chi connectivity index (χ3v) is 4.35. The highest BCUT2D eigenvalue weighted by molar-refractivity contribution is 7.53. The van der Waals surface area contributed by atoms with E-state index >= 15 is 0 Å². The first kappa shape index (κ1) is 17.6. The second-order valence-electron chi connectivity index (χ2n) is 3.77. The van der Waals surface area contributed by atoms with E-state index in [2.05, 4.69) is 0 Å². The van der Waals surface area contributed by atoms with E-state index in [1.807, 2.05) is 6.92 Å². The summed E-state index contributed by atoms with van der Waals surface area (Å²) in [6.07, 6.45) is 1.21. The number of hydroxylamine groups is 2. The highest BCUT2D eigenvalue weighted by Gasteiger charge is 2.23. The van der Waals surface area contributed by atoms with Gasteiger partial charge >= 0.3 is 7.60 Å². The van der Waals surface area contributed by atoms with Crippen LogP contribution in [0.1, 0.15) is 40.0 Å². The third-order valence-electron chi connectivity index (χ3n) is 2.18. The molecule has 0 radical (unpaired) electrons. The molecule has 6 nitrogen and oxygen atoms in total. The lowest BCUT2D eigenvalue weighted by Gasteiger charge is -2.27. The lowest BCUT2D eigenvalue weighted by atomic mass is 10.3. The molecule has 0 unspecified atom stereocenters. The minimum Gasteiger partial charge on any atom is -0.756 e. The van der Waals surface area contributed by atoms with Crippen LogP contribution in [0.25, 0.3) is 0 Å². The van der Waals surface area contributed by atoms with E-state index in [9.17, 15) is 14.6 Å². The Labute approximate surface area is 109 Å². The van der Waals surface area contributed by atoms with Crippen molar-refractivity contribution in [2.75, 3.05) is 25.9 Å². The van der Waals surface area contributed by atoms with Crippen LogP contribution in [0, 0.1) is 5.21 Å². The Morgan fingerprint density at radius 1 is 1.22 bits per heavy atom. The van der Waals surface area contributed by atoms with Crippen LogP contribution in [0.2, 0.25) is 0 Å². The van der Waals surface area contributed by atoms with Gasteiger partial charge in [-0.1, -0.05) is 6.92 Å². The first-order valence-electron chi connectivity index (χ1n) is 6.34. The maximum absolute atomic E-state index is 12.0. The van der Waals surface area contributed by atoms with Crippen LogP contribution in [-0.4, -0.2) is 36.9 Å². The second kappa shape index (κ2) is 9.50. The van der Waals surface area contributed by atoms with Gasteiger partial charge in [-0.25, -0.2) is 0 Å². The Kier molecular flexibility index (Phi) is 9.28. The Bertz CT molecular complexity index is 275. The molecule has 0 rings (SSSR count). The fraction of sp³-hybridized carbons (Fsp3) is 0.909. The molecule has 7 heteroatoms. The van der Waals surface area contributed by atoms with Crippen molar-refractivity contribution in [3.8, 4) is 0 Å². The Morgan fingerprint density at radius 3 is 2.22 bits per heavy atom. The number of carbonyl (C=O) groups is 1. The minimum absolute atomic E-state index is 0.0770. The van der Waals surface area contributed by atoms with Gasteiger partial charge in [0.05, 0.1) is 19.4 Å². The molecule has 0 saturated heterocycles. The largest absolute Gasteiger partial charge is 0.756 e. The van der Waals surface area contributed by atoms with Gasteiger partial charge in [-0.3, -0.25) is 9.36 Å². The van der Waals surface area contributed by atoms with Crippen LogP contribution in [0.4, 0.5) is 0 Å². The summed E-state index contributed by atoms with van der Waals surface area (Å²) in [5.41, 5.74) is 0. The van der Waals surface area contributed by atoms with Gasteiger partial charge in [-0.05, 0) is 26.7 Å². The van der Waals surface area contributed by atoms with Crippen molar-refractivity contribution in [3.05, 3.63) is 5.21 Å². The molecule has 0 aliphatic rings. The summed E-state index contributed by atoms with van der Waals surface area (Å²) in [4.78, 5) is 11.4. The van der Waals surface area contributed by atoms with Gasteiger partial charge in [0.15, 0.2) is 0 Å². The smallest absolute Gasteiger partial charge is 0.330 e. The summed E-state index contributed by atoms with van der Waals surface area (Å²) in [7, 11) is -3.09. The molecule has 0 aromatic carbocycles. The summed E-state index contributed by atoms with van der Waals surface area (Å²) in [6.45, 7) is 6.10. The molecule has 0 aliphatic carbocycles. The first-order chi connectivity index (χ1) is 8.49. The van der Waals surface area contributed by atoms with E-state index in [0.29, 0.717) is 31.1 Å². The van der Waals surface area contributed by atoms with Crippen LogP contribution in [-0.2, 0) is 18.4 Å². The van der Waals surface area contributed by atoms with Crippen LogP contribution < -0.4 is 0 Å². The van der Waals surface area contributed by atoms with Gasteiger partial charge in [0.25, 0.3) is 0 Å². The number of nitrogens with zero attached hydrogens (tertiary/aromatic N) is 1. The quantitative estimate of drug-likeness (QED) is 0.454. The Hall–Kier alpha value is -0.420.